The van der Waals surface area contributed by atoms with Crippen LogP contribution in [0.25, 0.3) is 11.1 Å². The molecule has 0 radical (unpaired) electrons. The zero-order valence-corrected chi connectivity index (χ0v) is 20.1. The Hall–Kier alpha value is -2.60. The maximum atomic E-state index is 15.8. The topological polar surface area (TPSA) is 94.3 Å². The van der Waals surface area contributed by atoms with Gasteiger partial charge in [0.1, 0.15) is 5.52 Å². The van der Waals surface area contributed by atoms with Gasteiger partial charge in [-0.3, -0.25) is 0 Å². The first kappa shape index (κ1) is 23.2. The fraction of sp³-hybridized carbons (Fsp3) is 0.409. The van der Waals surface area contributed by atoms with Gasteiger partial charge in [0.15, 0.2) is 29.0 Å². The number of halogens is 2. The van der Waals surface area contributed by atoms with E-state index in [0.29, 0.717) is 28.4 Å². The monoisotopic (exact) mass is 511 g/mol. The molecule has 34 heavy (non-hydrogen) atoms. The number of oxazole rings is 1. The highest BCUT2D eigenvalue weighted by molar-refractivity contribution is 7.89. The molecule has 12 heteroatoms. The zero-order valence-electron chi connectivity index (χ0n) is 18.5. The summed E-state index contributed by atoms with van der Waals surface area (Å²) in [4.78, 5) is 6.03. The summed E-state index contributed by atoms with van der Waals surface area (Å²) in [5.74, 6) is 0.658. The number of rotatable bonds is 5. The third-order valence-electron chi connectivity index (χ3n) is 6.23. The largest absolute Gasteiger partial charge is 0.493 e. The standard InChI is InChI=1S/C22H23ClFN3O6S/c1-30-17-6-4-15(12-19(17)31-2)34(28,29)27-9-10-32-22(27)7-8-26(13-20(22)24)21-25-16-5-3-14(23)11-18(16)33-21/h3-6,11-12,20H,7-10,13H2,1-2H3. The van der Waals surface area contributed by atoms with Crippen molar-refractivity contribution in [1.29, 1.82) is 0 Å². The number of sulfonamides is 1. The molecule has 2 unspecified atom stereocenters. The predicted octanol–water partition coefficient (Wildman–Crippen LogP) is 3.46. The Labute approximate surface area is 201 Å². The van der Waals surface area contributed by atoms with Gasteiger partial charge in [-0.1, -0.05) is 11.6 Å². The number of fused-ring (bicyclic) bond motifs is 1. The number of methoxy groups -OCH3 is 2. The lowest BCUT2D eigenvalue weighted by Gasteiger charge is -2.44. The van der Waals surface area contributed by atoms with Gasteiger partial charge in [0.05, 0.1) is 32.3 Å². The number of piperidine rings is 1. The molecular weight excluding hydrogens is 489 g/mol. The average Bonchev–Trinajstić information content (AvgIpc) is 3.45. The molecule has 0 N–H and O–H groups in total. The van der Waals surface area contributed by atoms with Crippen LogP contribution >= 0.6 is 11.6 Å². The highest BCUT2D eigenvalue weighted by Gasteiger charge is 2.57. The quantitative estimate of drug-likeness (QED) is 0.514. The fourth-order valence-electron chi connectivity index (χ4n) is 4.51. The van der Waals surface area contributed by atoms with E-state index < -0.39 is 21.9 Å². The normalized spacial score (nSPS) is 23.6. The lowest BCUT2D eigenvalue weighted by Crippen LogP contribution is -2.62. The molecule has 5 rings (SSSR count). The molecule has 1 spiro atoms. The van der Waals surface area contributed by atoms with Crippen LogP contribution in [0.5, 0.6) is 11.5 Å². The predicted molar refractivity (Wildman–Crippen MR) is 123 cm³/mol. The number of ether oxygens (including phenoxy) is 3. The van der Waals surface area contributed by atoms with Crippen LogP contribution in [0, 0.1) is 0 Å². The molecule has 2 aliphatic rings. The summed E-state index contributed by atoms with van der Waals surface area (Å²) >= 11 is 6.01. The summed E-state index contributed by atoms with van der Waals surface area (Å²) in [5.41, 5.74) is -0.518. The van der Waals surface area contributed by atoms with Gasteiger partial charge in [-0.15, -0.1) is 0 Å². The molecule has 0 bridgehead atoms. The van der Waals surface area contributed by atoms with Crippen LogP contribution in [0.15, 0.2) is 45.7 Å². The van der Waals surface area contributed by atoms with E-state index >= 15 is 4.39 Å². The lowest BCUT2D eigenvalue weighted by atomic mass is 9.99. The molecule has 0 saturated carbocycles. The van der Waals surface area contributed by atoms with Crippen molar-refractivity contribution in [2.75, 3.05) is 45.4 Å². The van der Waals surface area contributed by atoms with E-state index in [1.807, 2.05) is 0 Å². The number of hydrogen-bond donors (Lipinski definition) is 0. The fourth-order valence-corrected chi connectivity index (χ4v) is 6.41. The highest BCUT2D eigenvalue weighted by Crippen LogP contribution is 2.42. The number of benzene rings is 2. The first-order valence-electron chi connectivity index (χ1n) is 10.6. The Balaban J connectivity index is 1.42. The van der Waals surface area contributed by atoms with Crippen LogP contribution in [0.4, 0.5) is 10.4 Å². The Morgan fingerprint density at radius 1 is 1.15 bits per heavy atom. The van der Waals surface area contributed by atoms with Crippen molar-refractivity contribution in [1.82, 2.24) is 9.29 Å². The van der Waals surface area contributed by atoms with E-state index in [2.05, 4.69) is 4.98 Å². The summed E-state index contributed by atoms with van der Waals surface area (Å²) in [5, 5.41) is 0.506. The molecule has 182 valence electrons. The highest BCUT2D eigenvalue weighted by atomic mass is 35.5. The number of aromatic nitrogens is 1. The minimum absolute atomic E-state index is 0.0273. The third-order valence-corrected chi connectivity index (χ3v) is 8.39. The molecule has 2 aliphatic heterocycles. The van der Waals surface area contributed by atoms with E-state index in [0.717, 1.165) is 4.31 Å². The minimum atomic E-state index is -4.08. The molecule has 2 saturated heterocycles. The summed E-state index contributed by atoms with van der Waals surface area (Å²) in [7, 11) is -1.20. The molecule has 0 amide bonds. The van der Waals surface area contributed by atoms with Gasteiger partial charge in [-0.05, 0) is 24.3 Å². The second kappa shape index (κ2) is 8.56. The van der Waals surface area contributed by atoms with Gasteiger partial charge in [0.25, 0.3) is 6.01 Å². The summed E-state index contributed by atoms with van der Waals surface area (Å²) in [6, 6.07) is 9.60. The van der Waals surface area contributed by atoms with Crippen molar-refractivity contribution in [3.8, 4) is 11.5 Å². The van der Waals surface area contributed by atoms with Crippen molar-refractivity contribution < 1.29 is 31.4 Å². The second-order valence-corrected chi connectivity index (χ2v) is 10.4. The second-order valence-electron chi connectivity index (χ2n) is 8.06. The Morgan fingerprint density at radius 3 is 2.68 bits per heavy atom. The number of hydrogen-bond acceptors (Lipinski definition) is 8. The Bertz CT molecular complexity index is 1340. The molecule has 9 nitrogen and oxygen atoms in total. The Kier molecular flexibility index (Phi) is 5.83. The molecular formula is C22H23ClFN3O6S. The van der Waals surface area contributed by atoms with Crippen LogP contribution in [-0.2, 0) is 14.8 Å². The van der Waals surface area contributed by atoms with Crippen molar-refractivity contribution >= 4 is 38.7 Å². The maximum Gasteiger partial charge on any atom is 0.298 e. The molecule has 1 aromatic heterocycles. The average molecular weight is 512 g/mol. The van der Waals surface area contributed by atoms with Crippen LogP contribution < -0.4 is 14.4 Å². The first-order valence-corrected chi connectivity index (χ1v) is 12.4. The van der Waals surface area contributed by atoms with Crippen LogP contribution in [0.3, 0.4) is 0 Å². The number of alkyl halides is 1. The molecule has 2 aromatic carbocycles. The number of nitrogens with zero attached hydrogens (tertiary/aromatic N) is 3. The van der Waals surface area contributed by atoms with Crippen LogP contribution in [-0.4, -0.2) is 70.1 Å². The maximum absolute atomic E-state index is 15.8. The first-order chi connectivity index (χ1) is 16.3. The Morgan fingerprint density at radius 2 is 1.94 bits per heavy atom. The van der Waals surface area contributed by atoms with Crippen LogP contribution in [0.1, 0.15) is 6.42 Å². The smallest absolute Gasteiger partial charge is 0.298 e. The summed E-state index contributed by atoms with van der Waals surface area (Å²) in [6.07, 6.45) is -1.54. The van der Waals surface area contributed by atoms with E-state index in [9.17, 15) is 8.42 Å². The van der Waals surface area contributed by atoms with E-state index in [1.165, 1.54) is 32.4 Å². The van der Waals surface area contributed by atoms with Gasteiger partial charge in [0, 0.05) is 36.7 Å². The SMILES string of the molecule is COc1ccc(S(=O)(=O)N2CCOC23CCN(c2nc4ccc(Cl)cc4o2)CC3F)cc1OC. The molecule has 2 atom stereocenters. The van der Waals surface area contributed by atoms with E-state index in [1.54, 1.807) is 23.1 Å². The lowest BCUT2D eigenvalue weighted by molar-refractivity contribution is -0.116. The van der Waals surface area contributed by atoms with Gasteiger partial charge in [-0.25, -0.2) is 12.8 Å². The molecule has 3 aromatic rings. The van der Waals surface area contributed by atoms with Crippen molar-refractivity contribution in [2.45, 2.75) is 23.2 Å². The molecule has 0 aliphatic carbocycles. The van der Waals surface area contributed by atoms with Gasteiger partial charge >= 0.3 is 0 Å². The van der Waals surface area contributed by atoms with Gasteiger partial charge in [-0.2, -0.15) is 9.29 Å². The summed E-state index contributed by atoms with van der Waals surface area (Å²) < 4.78 is 66.0. The molecule has 2 fully saturated rings. The van der Waals surface area contributed by atoms with Crippen molar-refractivity contribution in [3.63, 3.8) is 0 Å². The number of anilines is 1. The zero-order chi connectivity index (χ0) is 24.1. The minimum Gasteiger partial charge on any atom is -0.493 e. The third kappa shape index (κ3) is 3.67. The van der Waals surface area contributed by atoms with Crippen molar-refractivity contribution in [2.24, 2.45) is 0 Å². The van der Waals surface area contributed by atoms with Crippen LogP contribution in [0.2, 0.25) is 5.02 Å². The van der Waals surface area contributed by atoms with E-state index in [4.69, 9.17) is 30.2 Å². The van der Waals surface area contributed by atoms with E-state index in [-0.39, 0.29) is 42.8 Å². The summed E-state index contributed by atoms with van der Waals surface area (Å²) in [6.45, 7) is 0.282. The van der Waals surface area contributed by atoms with Crippen molar-refractivity contribution in [3.05, 3.63) is 41.4 Å². The molecule has 3 heterocycles. The van der Waals surface area contributed by atoms with Gasteiger partial charge in [0.2, 0.25) is 10.0 Å². The van der Waals surface area contributed by atoms with Gasteiger partial charge < -0.3 is 23.5 Å².